The third-order valence-corrected chi connectivity index (χ3v) is 4.06. The van der Waals surface area contributed by atoms with E-state index in [0.29, 0.717) is 13.0 Å². The first-order valence-corrected chi connectivity index (χ1v) is 7.56. The van der Waals surface area contributed by atoms with Crippen molar-refractivity contribution < 1.29 is 14.3 Å². The van der Waals surface area contributed by atoms with Crippen molar-refractivity contribution in [2.45, 2.75) is 57.3 Å². The molecule has 3 N–H and O–H groups in total. The Kier molecular flexibility index (Phi) is 5.37. The number of ether oxygens (including phenoxy) is 1. The SMILES string of the molecule is C[C@H](NC(=O)[C@@H]1CC[C@H](CN)O1)C(=O)N1CCCCC1. The summed E-state index contributed by atoms with van der Waals surface area (Å²) in [6, 6.07) is -0.485. The summed E-state index contributed by atoms with van der Waals surface area (Å²) in [5.41, 5.74) is 5.53. The molecule has 2 amide bonds. The summed E-state index contributed by atoms with van der Waals surface area (Å²) < 4.78 is 5.54. The molecule has 0 bridgehead atoms. The molecule has 0 unspecified atom stereocenters. The summed E-state index contributed by atoms with van der Waals surface area (Å²) in [7, 11) is 0. The number of nitrogens with one attached hydrogen (secondary N) is 1. The van der Waals surface area contributed by atoms with Gasteiger partial charge in [-0.15, -0.1) is 0 Å². The van der Waals surface area contributed by atoms with Crippen LogP contribution in [0.2, 0.25) is 0 Å². The number of hydrogen-bond donors (Lipinski definition) is 2. The first kappa shape index (κ1) is 15.3. The van der Waals surface area contributed by atoms with Gasteiger partial charge >= 0.3 is 0 Å². The highest BCUT2D eigenvalue weighted by molar-refractivity contribution is 5.89. The number of nitrogens with two attached hydrogens (primary N) is 1. The van der Waals surface area contributed by atoms with Crippen LogP contribution in [0.3, 0.4) is 0 Å². The number of likely N-dealkylation sites (tertiary alicyclic amines) is 1. The highest BCUT2D eigenvalue weighted by Crippen LogP contribution is 2.19. The average molecular weight is 283 g/mol. The zero-order chi connectivity index (χ0) is 14.5. The molecule has 114 valence electrons. The van der Waals surface area contributed by atoms with Crippen molar-refractivity contribution in [2.24, 2.45) is 5.73 Å². The summed E-state index contributed by atoms with van der Waals surface area (Å²) in [5, 5.41) is 2.77. The Morgan fingerprint density at radius 3 is 2.60 bits per heavy atom. The number of rotatable bonds is 4. The summed E-state index contributed by atoms with van der Waals surface area (Å²) in [5.74, 6) is -0.190. The quantitative estimate of drug-likeness (QED) is 0.761. The van der Waals surface area contributed by atoms with Crippen LogP contribution >= 0.6 is 0 Å². The predicted molar refractivity (Wildman–Crippen MR) is 75.0 cm³/mol. The van der Waals surface area contributed by atoms with Gasteiger partial charge in [0.05, 0.1) is 6.10 Å². The first-order valence-electron chi connectivity index (χ1n) is 7.56. The molecule has 0 aromatic heterocycles. The number of carbonyl (C=O) groups is 2. The molecule has 6 nitrogen and oxygen atoms in total. The minimum absolute atomic E-state index is 0.00595. The minimum Gasteiger partial charge on any atom is -0.364 e. The second-order valence-electron chi connectivity index (χ2n) is 5.68. The molecule has 0 aromatic rings. The Bertz CT molecular complexity index is 356. The number of hydrogen-bond acceptors (Lipinski definition) is 4. The second-order valence-corrected chi connectivity index (χ2v) is 5.68. The molecule has 0 saturated carbocycles. The molecule has 0 spiro atoms. The standard InChI is InChI=1S/C14H25N3O3/c1-10(14(19)17-7-3-2-4-8-17)16-13(18)12-6-5-11(9-15)20-12/h10-12H,2-9,15H2,1H3,(H,16,18)/t10-,11+,12-/m0/s1. The van der Waals surface area contributed by atoms with Crippen molar-refractivity contribution in [1.29, 1.82) is 0 Å². The van der Waals surface area contributed by atoms with Gasteiger partial charge < -0.3 is 20.7 Å². The van der Waals surface area contributed by atoms with Gasteiger partial charge in [0.2, 0.25) is 11.8 Å². The van der Waals surface area contributed by atoms with Crippen molar-refractivity contribution in [2.75, 3.05) is 19.6 Å². The maximum absolute atomic E-state index is 12.2. The van der Waals surface area contributed by atoms with Crippen LogP contribution in [-0.4, -0.2) is 54.6 Å². The molecule has 2 aliphatic rings. The van der Waals surface area contributed by atoms with Gasteiger partial charge in [0.1, 0.15) is 12.1 Å². The molecule has 6 heteroatoms. The lowest BCUT2D eigenvalue weighted by atomic mass is 10.1. The topological polar surface area (TPSA) is 84.7 Å². The minimum atomic E-state index is -0.485. The molecule has 2 saturated heterocycles. The van der Waals surface area contributed by atoms with E-state index in [1.807, 2.05) is 4.90 Å². The molecule has 3 atom stereocenters. The predicted octanol–water partition coefficient (Wildman–Crippen LogP) is 0.00990. The van der Waals surface area contributed by atoms with Crippen LogP contribution in [0.15, 0.2) is 0 Å². The highest BCUT2D eigenvalue weighted by atomic mass is 16.5. The van der Waals surface area contributed by atoms with Crippen molar-refractivity contribution in [1.82, 2.24) is 10.2 Å². The van der Waals surface area contributed by atoms with Crippen molar-refractivity contribution >= 4 is 11.8 Å². The van der Waals surface area contributed by atoms with E-state index in [2.05, 4.69) is 5.32 Å². The third kappa shape index (κ3) is 3.70. The molecule has 2 aliphatic heterocycles. The van der Waals surface area contributed by atoms with Crippen LogP contribution in [0.4, 0.5) is 0 Å². The fourth-order valence-corrected chi connectivity index (χ4v) is 2.83. The smallest absolute Gasteiger partial charge is 0.249 e. The number of carbonyl (C=O) groups excluding carboxylic acids is 2. The number of piperidine rings is 1. The van der Waals surface area contributed by atoms with E-state index < -0.39 is 12.1 Å². The van der Waals surface area contributed by atoms with Gasteiger partial charge in [-0.1, -0.05) is 0 Å². The lowest BCUT2D eigenvalue weighted by Gasteiger charge is -2.29. The van der Waals surface area contributed by atoms with Gasteiger partial charge in [0.15, 0.2) is 0 Å². The Morgan fingerprint density at radius 1 is 1.30 bits per heavy atom. The summed E-state index contributed by atoms with van der Waals surface area (Å²) in [6.45, 7) is 3.78. The second kappa shape index (κ2) is 7.04. The zero-order valence-corrected chi connectivity index (χ0v) is 12.1. The molecule has 2 rings (SSSR count). The number of amides is 2. The average Bonchev–Trinajstić information content (AvgIpc) is 2.96. The zero-order valence-electron chi connectivity index (χ0n) is 12.1. The molecule has 2 fully saturated rings. The van der Waals surface area contributed by atoms with Crippen LogP contribution in [0, 0.1) is 0 Å². The Balaban J connectivity index is 1.79. The van der Waals surface area contributed by atoms with Crippen molar-refractivity contribution in [3.63, 3.8) is 0 Å². The summed E-state index contributed by atoms with van der Waals surface area (Å²) in [4.78, 5) is 26.1. The van der Waals surface area contributed by atoms with Crippen LogP contribution in [-0.2, 0) is 14.3 Å². The van der Waals surface area contributed by atoms with E-state index in [0.717, 1.165) is 32.4 Å². The molecule has 20 heavy (non-hydrogen) atoms. The highest BCUT2D eigenvalue weighted by Gasteiger charge is 2.32. The van der Waals surface area contributed by atoms with Crippen molar-refractivity contribution in [3.8, 4) is 0 Å². The fraction of sp³-hybridized carbons (Fsp3) is 0.857. The lowest BCUT2D eigenvalue weighted by molar-refractivity contribution is -0.140. The molecular formula is C14H25N3O3. The molecule has 2 heterocycles. The van der Waals surface area contributed by atoms with Gasteiger partial charge in [-0.3, -0.25) is 9.59 Å². The maximum Gasteiger partial charge on any atom is 0.249 e. The van der Waals surface area contributed by atoms with E-state index in [4.69, 9.17) is 10.5 Å². The molecule has 0 radical (unpaired) electrons. The summed E-state index contributed by atoms with van der Waals surface area (Å²) in [6.07, 6.45) is 4.29. The lowest BCUT2D eigenvalue weighted by Crippen LogP contribution is -2.50. The Hall–Kier alpha value is -1.14. The van der Waals surface area contributed by atoms with Gasteiger partial charge in [0.25, 0.3) is 0 Å². The van der Waals surface area contributed by atoms with Crippen LogP contribution in [0.5, 0.6) is 0 Å². The normalized spacial score (nSPS) is 28.2. The Morgan fingerprint density at radius 2 is 2.00 bits per heavy atom. The van der Waals surface area contributed by atoms with Crippen LogP contribution < -0.4 is 11.1 Å². The summed E-state index contributed by atoms with van der Waals surface area (Å²) >= 11 is 0. The van der Waals surface area contributed by atoms with E-state index in [1.54, 1.807) is 6.92 Å². The Labute approximate surface area is 120 Å². The van der Waals surface area contributed by atoms with Crippen LogP contribution in [0.25, 0.3) is 0 Å². The first-order chi connectivity index (χ1) is 9.61. The van der Waals surface area contributed by atoms with E-state index >= 15 is 0 Å². The third-order valence-electron chi connectivity index (χ3n) is 4.06. The largest absolute Gasteiger partial charge is 0.364 e. The monoisotopic (exact) mass is 283 g/mol. The van der Waals surface area contributed by atoms with Crippen LogP contribution in [0.1, 0.15) is 39.0 Å². The molecule has 0 aliphatic carbocycles. The van der Waals surface area contributed by atoms with E-state index in [-0.39, 0.29) is 17.9 Å². The van der Waals surface area contributed by atoms with Crippen molar-refractivity contribution in [3.05, 3.63) is 0 Å². The van der Waals surface area contributed by atoms with Gasteiger partial charge in [-0.25, -0.2) is 0 Å². The number of nitrogens with zero attached hydrogens (tertiary/aromatic N) is 1. The maximum atomic E-state index is 12.2. The molecule has 0 aromatic carbocycles. The van der Waals surface area contributed by atoms with E-state index in [1.165, 1.54) is 6.42 Å². The fourth-order valence-electron chi connectivity index (χ4n) is 2.83. The van der Waals surface area contributed by atoms with Gasteiger partial charge in [0, 0.05) is 19.6 Å². The molecular weight excluding hydrogens is 258 g/mol. The van der Waals surface area contributed by atoms with Gasteiger partial charge in [-0.05, 0) is 39.0 Å². The van der Waals surface area contributed by atoms with E-state index in [9.17, 15) is 9.59 Å². The van der Waals surface area contributed by atoms with Gasteiger partial charge in [-0.2, -0.15) is 0 Å².